The third kappa shape index (κ3) is 4.36. The lowest BCUT2D eigenvalue weighted by Gasteiger charge is -2.19. The highest BCUT2D eigenvalue weighted by Gasteiger charge is 2.28. The first-order valence-electron chi connectivity index (χ1n) is 8.87. The molecule has 28 heavy (non-hydrogen) atoms. The number of nitrogens with one attached hydrogen (secondary N) is 1. The second-order valence-electron chi connectivity index (χ2n) is 6.33. The average molecular weight is 388 g/mol. The quantitative estimate of drug-likeness (QED) is 0.812. The lowest BCUT2D eigenvalue weighted by molar-refractivity contribution is 0.188. The number of aromatic nitrogens is 2. The van der Waals surface area contributed by atoms with E-state index in [1.165, 1.54) is 21.3 Å². The van der Waals surface area contributed by atoms with E-state index in [4.69, 9.17) is 18.9 Å². The zero-order chi connectivity index (χ0) is 20.1. The number of ether oxygens (including phenoxy) is 4. The topological polar surface area (TPSA) is 95.0 Å². The first-order chi connectivity index (χ1) is 13.5. The van der Waals surface area contributed by atoms with Gasteiger partial charge in [-0.25, -0.2) is 4.79 Å². The summed E-state index contributed by atoms with van der Waals surface area (Å²) in [5.74, 6) is 1.87. The Morgan fingerprint density at radius 1 is 1.11 bits per heavy atom. The number of likely N-dealkylation sites (tertiary alicyclic amines) is 1. The SMILES string of the molecule is COc1cc(NC(=O)N2CCC(Oc3ccc(C)nn3)C2)cc(OC)c1OC. The lowest BCUT2D eigenvalue weighted by Crippen LogP contribution is -2.34. The molecule has 3 rings (SSSR count). The number of methoxy groups -OCH3 is 3. The number of anilines is 1. The minimum atomic E-state index is -0.227. The van der Waals surface area contributed by atoms with E-state index in [1.807, 2.05) is 13.0 Å². The van der Waals surface area contributed by atoms with Crippen LogP contribution in [0.5, 0.6) is 23.1 Å². The second-order valence-corrected chi connectivity index (χ2v) is 6.33. The van der Waals surface area contributed by atoms with Crippen molar-refractivity contribution in [2.75, 3.05) is 39.7 Å². The van der Waals surface area contributed by atoms with Crippen molar-refractivity contribution < 1.29 is 23.7 Å². The number of aryl methyl sites for hydroxylation is 1. The lowest BCUT2D eigenvalue weighted by atomic mass is 10.2. The Morgan fingerprint density at radius 3 is 2.39 bits per heavy atom. The van der Waals surface area contributed by atoms with E-state index in [0.29, 0.717) is 41.9 Å². The molecule has 1 aliphatic rings. The molecule has 2 amide bonds. The van der Waals surface area contributed by atoms with Gasteiger partial charge in [0, 0.05) is 31.2 Å². The van der Waals surface area contributed by atoms with Crippen molar-refractivity contribution in [1.29, 1.82) is 0 Å². The maximum atomic E-state index is 12.6. The summed E-state index contributed by atoms with van der Waals surface area (Å²) in [5.41, 5.74) is 1.37. The summed E-state index contributed by atoms with van der Waals surface area (Å²) >= 11 is 0. The molecule has 1 aromatic heterocycles. The van der Waals surface area contributed by atoms with Crippen molar-refractivity contribution in [3.63, 3.8) is 0 Å². The van der Waals surface area contributed by atoms with Gasteiger partial charge >= 0.3 is 6.03 Å². The zero-order valence-corrected chi connectivity index (χ0v) is 16.4. The molecule has 2 heterocycles. The average Bonchev–Trinajstić information content (AvgIpc) is 3.17. The van der Waals surface area contributed by atoms with Crippen LogP contribution in [-0.2, 0) is 0 Å². The molecule has 0 spiro atoms. The Bertz CT molecular complexity index is 803. The van der Waals surface area contributed by atoms with Crippen molar-refractivity contribution in [2.24, 2.45) is 0 Å². The predicted octanol–water partition coefficient (Wildman–Crippen LogP) is 2.50. The van der Waals surface area contributed by atoms with Crippen molar-refractivity contribution in [3.05, 3.63) is 30.0 Å². The van der Waals surface area contributed by atoms with Crippen LogP contribution in [-0.4, -0.2) is 61.7 Å². The molecular formula is C19H24N4O5. The predicted molar refractivity (Wildman–Crippen MR) is 102 cm³/mol. The van der Waals surface area contributed by atoms with E-state index in [9.17, 15) is 4.79 Å². The fraction of sp³-hybridized carbons (Fsp3) is 0.421. The van der Waals surface area contributed by atoms with E-state index in [2.05, 4.69) is 15.5 Å². The van der Waals surface area contributed by atoms with Crippen molar-refractivity contribution in [3.8, 4) is 23.1 Å². The summed E-state index contributed by atoms with van der Waals surface area (Å²) < 4.78 is 21.7. The maximum Gasteiger partial charge on any atom is 0.321 e. The molecule has 1 saturated heterocycles. The van der Waals surface area contributed by atoms with Gasteiger partial charge in [0.1, 0.15) is 6.10 Å². The number of hydrogen-bond donors (Lipinski definition) is 1. The Kier molecular flexibility index (Phi) is 6.03. The molecule has 150 valence electrons. The first kappa shape index (κ1) is 19.5. The molecule has 1 N–H and O–H groups in total. The Morgan fingerprint density at radius 2 is 1.82 bits per heavy atom. The molecule has 9 nitrogen and oxygen atoms in total. The number of amides is 2. The van der Waals surface area contributed by atoms with Crippen molar-refractivity contribution in [2.45, 2.75) is 19.4 Å². The largest absolute Gasteiger partial charge is 0.493 e. The first-order valence-corrected chi connectivity index (χ1v) is 8.87. The molecule has 0 aliphatic carbocycles. The van der Waals surface area contributed by atoms with E-state index >= 15 is 0 Å². The van der Waals surface area contributed by atoms with E-state index in [-0.39, 0.29) is 12.1 Å². The molecule has 1 atom stereocenters. The molecular weight excluding hydrogens is 364 g/mol. The molecule has 9 heteroatoms. The van der Waals surface area contributed by atoms with Gasteiger partial charge in [0.25, 0.3) is 0 Å². The maximum absolute atomic E-state index is 12.6. The fourth-order valence-electron chi connectivity index (χ4n) is 2.98. The molecule has 0 bridgehead atoms. The van der Waals surface area contributed by atoms with Gasteiger partial charge in [-0.15, -0.1) is 5.10 Å². The van der Waals surface area contributed by atoms with Crippen LogP contribution in [0.25, 0.3) is 0 Å². The smallest absolute Gasteiger partial charge is 0.321 e. The van der Waals surface area contributed by atoms with Gasteiger partial charge in [-0.05, 0) is 13.0 Å². The van der Waals surface area contributed by atoms with Crippen LogP contribution in [0.3, 0.4) is 0 Å². The summed E-state index contributed by atoms with van der Waals surface area (Å²) in [5, 5.41) is 10.8. The third-order valence-electron chi connectivity index (χ3n) is 4.41. The van der Waals surface area contributed by atoms with Crippen LogP contribution in [0, 0.1) is 6.92 Å². The number of rotatable bonds is 6. The molecule has 0 saturated carbocycles. The highest BCUT2D eigenvalue weighted by atomic mass is 16.5. The van der Waals surface area contributed by atoms with Crippen LogP contribution in [0.4, 0.5) is 10.5 Å². The normalized spacial score (nSPS) is 15.9. The number of nitrogens with zero attached hydrogens (tertiary/aromatic N) is 3. The van der Waals surface area contributed by atoms with Gasteiger partial charge in [0.15, 0.2) is 11.5 Å². The number of urea groups is 1. The second kappa shape index (κ2) is 8.64. The fourth-order valence-corrected chi connectivity index (χ4v) is 2.98. The van der Waals surface area contributed by atoms with Crippen LogP contribution in [0.15, 0.2) is 24.3 Å². The molecule has 2 aromatic rings. The summed E-state index contributed by atoms with van der Waals surface area (Å²) in [7, 11) is 4.58. The van der Waals surface area contributed by atoms with Crippen molar-refractivity contribution >= 4 is 11.7 Å². The van der Waals surface area contributed by atoms with Crippen LogP contribution < -0.4 is 24.3 Å². The monoisotopic (exact) mass is 388 g/mol. The van der Waals surface area contributed by atoms with Crippen LogP contribution in [0.1, 0.15) is 12.1 Å². The van der Waals surface area contributed by atoms with Gasteiger partial charge in [0.2, 0.25) is 11.6 Å². The summed E-state index contributed by atoms with van der Waals surface area (Å²) in [6.45, 7) is 2.91. The highest BCUT2D eigenvalue weighted by molar-refractivity contribution is 5.90. The van der Waals surface area contributed by atoms with Crippen molar-refractivity contribution in [1.82, 2.24) is 15.1 Å². The van der Waals surface area contributed by atoms with E-state index in [0.717, 1.165) is 12.1 Å². The number of carbonyl (C=O) groups excluding carboxylic acids is 1. The third-order valence-corrected chi connectivity index (χ3v) is 4.41. The highest BCUT2D eigenvalue weighted by Crippen LogP contribution is 2.40. The number of carbonyl (C=O) groups is 1. The van der Waals surface area contributed by atoms with Gasteiger partial charge in [0.05, 0.1) is 39.3 Å². The van der Waals surface area contributed by atoms with E-state index < -0.39 is 0 Å². The Labute approximate surface area is 163 Å². The summed E-state index contributed by atoms with van der Waals surface area (Å²) in [6, 6.07) is 6.76. The minimum absolute atomic E-state index is 0.123. The van der Waals surface area contributed by atoms with E-state index in [1.54, 1.807) is 23.1 Å². The van der Waals surface area contributed by atoms with Crippen LogP contribution >= 0.6 is 0 Å². The van der Waals surface area contributed by atoms with Gasteiger partial charge in [-0.1, -0.05) is 0 Å². The molecule has 1 aliphatic heterocycles. The number of benzene rings is 1. The summed E-state index contributed by atoms with van der Waals surface area (Å²) in [6.07, 6.45) is 0.598. The molecule has 1 fully saturated rings. The minimum Gasteiger partial charge on any atom is -0.493 e. The van der Waals surface area contributed by atoms with Gasteiger partial charge < -0.3 is 29.2 Å². The standard InChI is InChI=1S/C19H24N4O5/c1-12-5-6-17(22-21-12)28-14-7-8-23(11-14)19(24)20-13-9-15(25-2)18(27-4)16(10-13)26-3/h5-6,9-10,14H,7-8,11H2,1-4H3,(H,20,24). The Balaban J connectivity index is 1.63. The molecule has 1 aromatic carbocycles. The van der Waals surface area contributed by atoms with Gasteiger partial charge in [-0.3, -0.25) is 0 Å². The number of hydrogen-bond acceptors (Lipinski definition) is 7. The molecule has 0 radical (unpaired) electrons. The van der Waals surface area contributed by atoms with Gasteiger partial charge in [-0.2, -0.15) is 5.10 Å². The zero-order valence-electron chi connectivity index (χ0n) is 16.4. The molecule has 1 unspecified atom stereocenters. The Hall–Kier alpha value is -3.23. The summed E-state index contributed by atoms with van der Waals surface area (Å²) in [4.78, 5) is 14.3. The van der Waals surface area contributed by atoms with Crippen LogP contribution in [0.2, 0.25) is 0 Å².